The number of halogens is 5. The van der Waals surface area contributed by atoms with E-state index >= 15 is 0 Å². The van der Waals surface area contributed by atoms with Gasteiger partial charge in [0.2, 0.25) is 0 Å². The fourth-order valence-corrected chi connectivity index (χ4v) is 3.82. The summed E-state index contributed by atoms with van der Waals surface area (Å²) in [6.07, 6.45) is -4.55. The molecule has 29 heavy (non-hydrogen) atoms. The van der Waals surface area contributed by atoms with Crippen molar-refractivity contribution in [1.82, 2.24) is 15.3 Å². The summed E-state index contributed by atoms with van der Waals surface area (Å²) in [7, 11) is 0. The van der Waals surface area contributed by atoms with E-state index in [1.807, 2.05) is 0 Å². The first kappa shape index (κ1) is 21.2. The van der Waals surface area contributed by atoms with Crippen molar-refractivity contribution >= 4 is 11.0 Å². The van der Waals surface area contributed by atoms with Crippen molar-refractivity contribution in [2.45, 2.75) is 51.4 Å². The van der Waals surface area contributed by atoms with E-state index in [0.29, 0.717) is 22.4 Å². The highest BCUT2D eigenvalue weighted by Crippen LogP contribution is 2.33. The van der Waals surface area contributed by atoms with Crippen LogP contribution in [0.15, 0.2) is 36.4 Å². The van der Waals surface area contributed by atoms with E-state index in [1.54, 1.807) is 32.2 Å². The number of imidazole rings is 1. The van der Waals surface area contributed by atoms with Gasteiger partial charge in [-0.2, -0.15) is 13.2 Å². The molecule has 0 saturated carbocycles. The second kappa shape index (κ2) is 7.74. The molecule has 2 aromatic carbocycles. The molecule has 156 valence electrons. The maximum atomic E-state index is 13.7. The van der Waals surface area contributed by atoms with E-state index in [4.69, 9.17) is 0 Å². The number of aromatic nitrogens is 2. The van der Waals surface area contributed by atoms with E-state index in [9.17, 15) is 22.0 Å². The predicted molar refractivity (Wildman–Crippen MR) is 102 cm³/mol. The van der Waals surface area contributed by atoms with Crippen molar-refractivity contribution in [3.63, 3.8) is 0 Å². The largest absolute Gasteiger partial charge is 0.457 e. The van der Waals surface area contributed by atoms with Gasteiger partial charge in [-0.15, -0.1) is 0 Å². The van der Waals surface area contributed by atoms with Crippen LogP contribution in [0.5, 0.6) is 0 Å². The smallest absolute Gasteiger partial charge is 0.342 e. The van der Waals surface area contributed by atoms with E-state index in [0.717, 1.165) is 5.56 Å². The third-order valence-corrected chi connectivity index (χ3v) is 4.99. The van der Waals surface area contributed by atoms with E-state index < -0.39 is 29.4 Å². The Labute approximate surface area is 165 Å². The van der Waals surface area contributed by atoms with Crippen LogP contribution in [-0.2, 0) is 11.8 Å². The van der Waals surface area contributed by atoms with Crippen molar-refractivity contribution in [3.05, 3.63) is 65.0 Å². The summed E-state index contributed by atoms with van der Waals surface area (Å²) >= 11 is 0. The number of aryl methyl sites for hydroxylation is 1. The minimum absolute atomic E-state index is 0.0480. The highest BCUT2D eigenvalue weighted by atomic mass is 19.4. The molecule has 1 aromatic heterocycles. The van der Waals surface area contributed by atoms with Gasteiger partial charge in [0.15, 0.2) is 0 Å². The lowest BCUT2D eigenvalue weighted by molar-refractivity contribution is -0.165. The normalized spacial score (nSPS) is 13.8. The number of nitrogens with one attached hydrogen (secondary N) is 2. The van der Waals surface area contributed by atoms with E-state index in [1.165, 1.54) is 30.3 Å². The maximum absolute atomic E-state index is 13.7. The number of nitrogens with zero attached hydrogens (tertiary/aromatic N) is 1. The van der Waals surface area contributed by atoms with Crippen molar-refractivity contribution < 1.29 is 22.0 Å². The number of hydrogen-bond acceptors (Lipinski definition) is 2. The number of H-pyrrole nitrogens is 1. The van der Waals surface area contributed by atoms with Gasteiger partial charge in [0.05, 0.1) is 11.0 Å². The van der Waals surface area contributed by atoms with Crippen molar-refractivity contribution in [3.8, 4) is 0 Å². The summed E-state index contributed by atoms with van der Waals surface area (Å²) in [5, 5.41) is 1.69. The summed E-state index contributed by atoms with van der Waals surface area (Å²) in [6.45, 7) is 5.37. The summed E-state index contributed by atoms with van der Waals surface area (Å²) < 4.78 is 66.5. The zero-order chi connectivity index (χ0) is 21.4. The van der Waals surface area contributed by atoms with Gasteiger partial charge in [-0.05, 0) is 60.2 Å². The van der Waals surface area contributed by atoms with Gasteiger partial charge in [-0.25, -0.2) is 19.1 Å². The Balaban J connectivity index is 1.88. The van der Waals surface area contributed by atoms with Crippen LogP contribution in [0.25, 0.3) is 11.0 Å². The molecule has 0 aliphatic heterocycles. The Kier molecular flexibility index (Phi) is 5.67. The lowest BCUT2D eigenvalue weighted by Gasteiger charge is -2.32. The zero-order valence-corrected chi connectivity index (χ0v) is 16.3. The van der Waals surface area contributed by atoms with Gasteiger partial charge in [-0.1, -0.05) is 19.9 Å². The predicted octanol–water partition coefficient (Wildman–Crippen LogP) is 5.54. The van der Waals surface area contributed by atoms with Gasteiger partial charge in [-0.3, -0.25) is 0 Å². The van der Waals surface area contributed by atoms with Crippen LogP contribution >= 0.6 is 0 Å². The third kappa shape index (κ3) is 5.32. The van der Waals surface area contributed by atoms with Crippen LogP contribution in [-0.4, -0.2) is 22.3 Å². The van der Waals surface area contributed by atoms with Crippen molar-refractivity contribution in [2.24, 2.45) is 0 Å². The molecule has 0 aliphatic carbocycles. The second-order valence-electron chi connectivity index (χ2n) is 7.94. The topological polar surface area (TPSA) is 40.7 Å². The molecule has 0 spiro atoms. The molecule has 2 N–H and O–H groups in total. The third-order valence-electron chi connectivity index (χ3n) is 4.99. The van der Waals surface area contributed by atoms with Crippen LogP contribution in [0, 0.1) is 18.6 Å². The second-order valence-corrected chi connectivity index (χ2v) is 7.94. The van der Waals surface area contributed by atoms with Gasteiger partial charge in [0, 0.05) is 12.5 Å². The lowest BCUT2D eigenvalue weighted by atomic mass is 9.76. The molecule has 8 heteroatoms. The number of hydrogen-bond donors (Lipinski definition) is 2. The quantitative estimate of drug-likeness (QED) is 0.413. The van der Waals surface area contributed by atoms with Crippen LogP contribution in [0.3, 0.4) is 0 Å². The summed E-state index contributed by atoms with van der Waals surface area (Å²) in [4.78, 5) is 7.15. The molecular formula is C21H22F5N3. The molecule has 3 nitrogen and oxygen atoms in total. The highest BCUT2D eigenvalue weighted by molar-refractivity contribution is 5.74. The van der Waals surface area contributed by atoms with E-state index in [2.05, 4.69) is 9.97 Å². The molecule has 3 aromatic rings. The summed E-state index contributed by atoms with van der Waals surface area (Å²) in [6, 6.07) is 7.26. The first-order chi connectivity index (χ1) is 13.4. The first-order valence-corrected chi connectivity index (χ1v) is 9.18. The van der Waals surface area contributed by atoms with Crippen LogP contribution in [0.4, 0.5) is 22.0 Å². The molecule has 3 rings (SSSR count). The van der Waals surface area contributed by atoms with Gasteiger partial charge >= 0.3 is 6.30 Å². The molecule has 0 aliphatic rings. The molecule has 1 unspecified atom stereocenters. The molecule has 0 radical (unpaired) electrons. The first-order valence-electron chi connectivity index (χ1n) is 9.18. The Bertz CT molecular complexity index is 1010. The Morgan fingerprint density at radius 2 is 1.69 bits per heavy atom. The van der Waals surface area contributed by atoms with Crippen LogP contribution < -0.4 is 5.32 Å². The Hall–Kier alpha value is -2.48. The maximum Gasteiger partial charge on any atom is 0.457 e. The number of alkyl halides is 3. The molecule has 0 amide bonds. The van der Waals surface area contributed by atoms with Crippen LogP contribution in [0.1, 0.15) is 37.2 Å². The number of benzene rings is 2. The molecule has 0 saturated heterocycles. The zero-order valence-electron chi connectivity index (χ0n) is 16.3. The highest BCUT2D eigenvalue weighted by Gasteiger charge is 2.35. The fraction of sp³-hybridized carbons (Fsp3) is 0.381. The average Bonchev–Trinajstić information content (AvgIpc) is 2.96. The number of fused-ring (bicyclic) bond motifs is 1. The molecule has 1 atom stereocenters. The van der Waals surface area contributed by atoms with Gasteiger partial charge in [0.25, 0.3) is 0 Å². The Morgan fingerprint density at radius 1 is 1.03 bits per heavy atom. The van der Waals surface area contributed by atoms with Crippen molar-refractivity contribution in [2.75, 3.05) is 0 Å². The standard InChI is InChI=1S/C21H22F5N3/c1-12-4-5-13(22)8-16(12)20(2,3)11-15(29-21(24,25)26)10-19-27-17-7-6-14(23)9-18(17)28-19/h4-9,15,29H,10-11H2,1-3H3,(H,27,28). The minimum Gasteiger partial charge on any atom is -0.342 e. The summed E-state index contributed by atoms with van der Waals surface area (Å²) in [5.41, 5.74) is 1.63. The van der Waals surface area contributed by atoms with Crippen LogP contribution in [0.2, 0.25) is 0 Å². The minimum atomic E-state index is -4.59. The fourth-order valence-electron chi connectivity index (χ4n) is 3.82. The molecule has 1 heterocycles. The lowest BCUT2D eigenvalue weighted by Crippen LogP contribution is -2.45. The van der Waals surface area contributed by atoms with Gasteiger partial charge in [0.1, 0.15) is 17.5 Å². The molecular weight excluding hydrogens is 389 g/mol. The average molecular weight is 411 g/mol. The van der Waals surface area contributed by atoms with Gasteiger partial charge < -0.3 is 4.98 Å². The summed E-state index contributed by atoms with van der Waals surface area (Å²) in [5.74, 6) is -0.571. The molecule has 0 fully saturated rings. The monoisotopic (exact) mass is 411 g/mol. The molecule has 0 bridgehead atoms. The van der Waals surface area contributed by atoms with E-state index in [-0.39, 0.29) is 12.8 Å². The number of rotatable bonds is 6. The Morgan fingerprint density at radius 3 is 2.38 bits per heavy atom. The van der Waals surface area contributed by atoms with Crippen molar-refractivity contribution in [1.29, 1.82) is 0 Å². The SMILES string of the molecule is Cc1ccc(F)cc1C(C)(C)CC(Cc1nc2ccc(F)cc2[nH]1)NC(F)(F)F. The number of aromatic amines is 1.